The molecule has 0 spiro atoms. The monoisotopic (exact) mass is 565 g/mol. The van der Waals surface area contributed by atoms with Crippen molar-refractivity contribution in [1.82, 2.24) is 25.1 Å². The molecule has 3 aromatic rings. The van der Waals surface area contributed by atoms with Gasteiger partial charge in [-0.15, -0.1) is 6.58 Å². The Morgan fingerprint density at radius 3 is 2.31 bits per heavy atom. The van der Waals surface area contributed by atoms with E-state index in [-0.39, 0.29) is 43.1 Å². The number of hydrazine groups is 1. The highest BCUT2D eigenvalue weighted by atomic mass is 16.3. The van der Waals surface area contributed by atoms with Crippen molar-refractivity contribution in [1.29, 1.82) is 0 Å². The predicted molar refractivity (Wildman–Crippen MR) is 161 cm³/mol. The molecule has 2 saturated heterocycles. The smallest absolute Gasteiger partial charge is 0.334 e. The van der Waals surface area contributed by atoms with Gasteiger partial charge < -0.3 is 20.2 Å². The van der Waals surface area contributed by atoms with Crippen LogP contribution in [0.15, 0.2) is 104 Å². The van der Waals surface area contributed by atoms with Gasteiger partial charge in [-0.1, -0.05) is 91.0 Å². The summed E-state index contributed by atoms with van der Waals surface area (Å²) in [7, 11) is 0. The Morgan fingerprint density at radius 1 is 0.929 bits per heavy atom. The number of benzene rings is 3. The summed E-state index contributed by atoms with van der Waals surface area (Å²) in [5.74, 6) is -0.299. The zero-order chi connectivity index (χ0) is 29.5. The standard InChI is InChI=1S/C33H35N5O4/c1-2-19-36-24-31(40)37-29(21-26-15-17-28(39)18-16-26)32(41)35(20-9-14-25-10-5-3-6-11-25)23-30(37)38(36)33(42)34-22-27-12-7-4-8-13-27/h2-18,29-30,39H,1,19-24H2,(H,34,42)/b14-9+/t29-,30-/m0/s1. The van der Waals surface area contributed by atoms with Gasteiger partial charge in [0.1, 0.15) is 18.0 Å². The van der Waals surface area contributed by atoms with Crippen LogP contribution in [0.1, 0.15) is 16.7 Å². The molecule has 2 atom stereocenters. The van der Waals surface area contributed by atoms with Crippen molar-refractivity contribution < 1.29 is 19.5 Å². The molecule has 0 bridgehead atoms. The lowest BCUT2D eigenvalue weighted by atomic mass is 9.98. The molecule has 2 N–H and O–H groups in total. The van der Waals surface area contributed by atoms with Gasteiger partial charge in [-0.25, -0.2) is 14.8 Å². The van der Waals surface area contributed by atoms with Crippen LogP contribution in [-0.4, -0.2) is 81.2 Å². The molecule has 2 aliphatic heterocycles. The summed E-state index contributed by atoms with van der Waals surface area (Å²) in [6.45, 7) is 4.85. The van der Waals surface area contributed by atoms with Gasteiger partial charge in [0.15, 0.2) is 0 Å². The van der Waals surface area contributed by atoms with Crippen LogP contribution in [0.5, 0.6) is 5.75 Å². The molecular formula is C33H35N5O4. The second-order valence-corrected chi connectivity index (χ2v) is 10.3. The number of piperazine rings is 1. The average molecular weight is 566 g/mol. The lowest BCUT2D eigenvalue weighted by molar-refractivity contribution is -0.188. The predicted octanol–water partition coefficient (Wildman–Crippen LogP) is 3.64. The molecule has 2 heterocycles. The Labute approximate surface area is 245 Å². The van der Waals surface area contributed by atoms with Crippen molar-refractivity contribution in [3.63, 3.8) is 0 Å². The van der Waals surface area contributed by atoms with Crippen LogP contribution in [0, 0.1) is 0 Å². The zero-order valence-corrected chi connectivity index (χ0v) is 23.4. The van der Waals surface area contributed by atoms with Crippen LogP contribution < -0.4 is 5.32 Å². The molecule has 3 aromatic carbocycles. The SMILES string of the molecule is C=CCN1CC(=O)N2[C@@H](Cc3ccc(O)cc3)C(=O)N(C/C=C/c3ccccc3)C[C@@H]2N1C(=O)NCc1ccccc1. The minimum Gasteiger partial charge on any atom is -0.508 e. The first kappa shape index (κ1) is 28.6. The first-order chi connectivity index (χ1) is 20.4. The lowest BCUT2D eigenvalue weighted by Crippen LogP contribution is -2.76. The zero-order valence-electron chi connectivity index (χ0n) is 23.4. The van der Waals surface area contributed by atoms with Crippen molar-refractivity contribution in [3.8, 4) is 5.75 Å². The van der Waals surface area contributed by atoms with E-state index < -0.39 is 12.2 Å². The number of hydrogen-bond acceptors (Lipinski definition) is 5. The highest BCUT2D eigenvalue weighted by molar-refractivity contribution is 5.92. The van der Waals surface area contributed by atoms with Gasteiger partial charge in [0.2, 0.25) is 11.8 Å². The number of amides is 4. The van der Waals surface area contributed by atoms with E-state index >= 15 is 0 Å². The third-order valence-electron chi connectivity index (χ3n) is 7.47. The fraction of sp³-hybridized carbons (Fsp3) is 0.242. The maximum Gasteiger partial charge on any atom is 0.334 e. The van der Waals surface area contributed by atoms with Crippen LogP contribution in [0.3, 0.4) is 0 Å². The summed E-state index contributed by atoms with van der Waals surface area (Å²) in [6.07, 6.45) is 5.07. The van der Waals surface area contributed by atoms with Crippen molar-refractivity contribution >= 4 is 23.9 Å². The number of nitrogens with one attached hydrogen (secondary N) is 1. The number of fused-ring (bicyclic) bond motifs is 1. The van der Waals surface area contributed by atoms with E-state index in [2.05, 4.69) is 11.9 Å². The van der Waals surface area contributed by atoms with Gasteiger partial charge in [-0.3, -0.25) is 9.59 Å². The third-order valence-corrected chi connectivity index (χ3v) is 7.47. The van der Waals surface area contributed by atoms with Crippen LogP contribution in [0.2, 0.25) is 0 Å². The highest BCUT2D eigenvalue weighted by Gasteiger charge is 2.51. The van der Waals surface area contributed by atoms with Crippen LogP contribution >= 0.6 is 0 Å². The molecule has 5 rings (SSSR count). The van der Waals surface area contributed by atoms with Crippen LogP contribution in [0.4, 0.5) is 4.79 Å². The molecule has 0 saturated carbocycles. The van der Waals surface area contributed by atoms with Crippen molar-refractivity contribution in [2.45, 2.75) is 25.2 Å². The summed E-state index contributed by atoms with van der Waals surface area (Å²) in [4.78, 5) is 44.6. The Kier molecular flexibility index (Phi) is 8.99. The minimum atomic E-state index is -0.818. The van der Waals surface area contributed by atoms with E-state index in [1.165, 1.54) is 0 Å². The molecule has 4 amide bonds. The highest BCUT2D eigenvalue weighted by Crippen LogP contribution is 2.29. The Hall–Kier alpha value is -4.89. The fourth-order valence-electron chi connectivity index (χ4n) is 5.46. The number of hydrogen-bond donors (Lipinski definition) is 2. The van der Waals surface area contributed by atoms with Crippen LogP contribution in [0.25, 0.3) is 6.08 Å². The second-order valence-electron chi connectivity index (χ2n) is 10.3. The first-order valence-corrected chi connectivity index (χ1v) is 14.0. The molecule has 9 nitrogen and oxygen atoms in total. The quantitative estimate of drug-likeness (QED) is 0.387. The van der Waals surface area contributed by atoms with E-state index in [0.717, 1.165) is 16.7 Å². The number of carbonyl (C=O) groups is 3. The van der Waals surface area contributed by atoms with Gasteiger partial charge in [-0.05, 0) is 28.8 Å². The summed E-state index contributed by atoms with van der Waals surface area (Å²) in [6, 6.07) is 24.8. The summed E-state index contributed by atoms with van der Waals surface area (Å²) >= 11 is 0. The van der Waals surface area contributed by atoms with Crippen molar-refractivity contribution in [3.05, 3.63) is 120 Å². The van der Waals surface area contributed by atoms with E-state index in [4.69, 9.17) is 0 Å². The molecule has 2 fully saturated rings. The average Bonchev–Trinajstić information content (AvgIpc) is 3.00. The molecule has 0 aliphatic carbocycles. The minimum absolute atomic E-state index is 0.0610. The number of rotatable bonds is 9. The van der Waals surface area contributed by atoms with Crippen molar-refractivity contribution in [2.24, 2.45) is 0 Å². The normalized spacial score (nSPS) is 19.2. The summed E-state index contributed by atoms with van der Waals surface area (Å²) in [5.41, 5.74) is 2.76. The Morgan fingerprint density at radius 2 is 1.62 bits per heavy atom. The number of carbonyl (C=O) groups excluding carboxylic acids is 3. The van der Waals surface area contributed by atoms with Crippen molar-refractivity contribution in [2.75, 3.05) is 26.2 Å². The lowest BCUT2D eigenvalue weighted by Gasteiger charge is -2.55. The second kappa shape index (κ2) is 13.2. The first-order valence-electron chi connectivity index (χ1n) is 14.0. The molecule has 2 aliphatic rings. The van der Waals surface area contributed by atoms with Gasteiger partial charge in [0.05, 0.1) is 13.1 Å². The molecule has 216 valence electrons. The van der Waals surface area contributed by atoms with E-state index in [9.17, 15) is 19.5 Å². The number of phenolic OH excluding ortho intramolecular Hbond substituents is 1. The van der Waals surface area contributed by atoms with Gasteiger partial charge in [0.25, 0.3) is 0 Å². The number of urea groups is 1. The Balaban J connectivity index is 1.45. The molecule has 9 heteroatoms. The maximum atomic E-state index is 13.9. The number of nitrogens with zero attached hydrogens (tertiary/aromatic N) is 4. The van der Waals surface area contributed by atoms with Gasteiger partial charge in [0, 0.05) is 26.1 Å². The molecular weight excluding hydrogens is 530 g/mol. The molecule has 0 radical (unpaired) electrons. The molecule has 0 aromatic heterocycles. The van der Waals surface area contributed by atoms with Crippen LogP contribution in [-0.2, 0) is 22.6 Å². The van der Waals surface area contributed by atoms with E-state index in [1.807, 2.05) is 72.8 Å². The maximum absolute atomic E-state index is 13.9. The third kappa shape index (κ3) is 6.53. The summed E-state index contributed by atoms with van der Waals surface area (Å²) in [5, 5.41) is 16.0. The van der Waals surface area contributed by atoms with Gasteiger partial charge >= 0.3 is 6.03 Å². The molecule has 42 heavy (non-hydrogen) atoms. The number of aromatic hydroxyl groups is 1. The van der Waals surface area contributed by atoms with E-state index in [1.54, 1.807) is 50.2 Å². The van der Waals surface area contributed by atoms with Gasteiger partial charge in [-0.2, -0.15) is 0 Å². The topological polar surface area (TPSA) is 96.4 Å². The fourth-order valence-corrected chi connectivity index (χ4v) is 5.46. The largest absolute Gasteiger partial charge is 0.508 e. The molecule has 0 unspecified atom stereocenters. The Bertz CT molecular complexity index is 1430. The number of phenols is 1. The van der Waals surface area contributed by atoms with E-state index in [0.29, 0.717) is 19.6 Å². The summed E-state index contributed by atoms with van der Waals surface area (Å²) < 4.78 is 0.